The average Bonchev–Trinajstić information content (AvgIpc) is 3.39. The molecular formula is C76H126. The van der Waals surface area contributed by atoms with Crippen LogP contribution in [0.1, 0.15) is 226 Å². The second-order valence-corrected chi connectivity index (χ2v) is 21.9. The van der Waals surface area contributed by atoms with Crippen molar-refractivity contribution >= 4 is 21.5 Å². The van der Waals surface area contributed by atoms with Crippen molar-refractivity contribution in [3.8, 4) is 11.1 Å². The van der Waals surface area contributed by atoms with E-state index in [2.05, 4.69) is 305 Å². The third-order valence-corrected chi connectivity index (χ3v) is 9.85. The monoisotopic (exact) mass is 1040 g/mol. The van der Waals surface area contributed by atoms with Crippen LogP contribution in [-0.4, -0.2) is 0 Å². The molecule has 7 aromatic rings. The average molecular weight is 1040 g/mol. The van der Waals surface area contributed by atoms with Gasteiger partial charge in [0.15, 0.2) is 0 Å². The quantitative estimate of drug-likeness (QED) is 0.156. The lowest BCUT2D eigenvalue weighted by Gasteiger charge is -2.05. The zero-order chi connectivity index (χ0) is 58.5. The highest BCUT2D eigenvalue weighted by molar-refractivity contribution is 5.85. The second-order valence-electron chi connectivity index (χ2n) is 21.9. The van der Waals surface area contributed by atoms with Crippen molar-refractivity contribution in [1.82, 2.24) is 0 Å². The predicted molar refractivity (Wildman–Crippen MR) is 361 cm³/mol. The van der Waals surface area contributed by atoms with E-state index in [1.165, 1.54) is 106 Å². The van der Waals surface area contributed by atoms with Crippen molar-refractivity contribution in [3.63, 3.8) is 0 Å². The molecule has 7 aromatic carbocycles. The maximum absolute atomic E-state index is 2.22. The fraction of sp³-hybridized carbons (Fsp3) is 0.500. The van der Waals surface area contributed by atoms with Crippen LogP contribution in [0.15, 0.2) is 170 Å². The maximum atomic E-state index is 2.22. The first-order chi connectivity index (χ1) is 35.5. The summed E-state index contributed by atoms with van der Waals surface area (Å²) in [5.41, 5.74) is 8.36. The van der Waals surface area contributed by atoms with Gasteiger partial charge in [-0.05, 0) is 89.1 Å². The van der Waals surface area contributed by atoms with E-state index < -0.39 is 0 Å². The van der Waals surface area contributed by atoms with Crippen molar-refractivity contribution < 1.29 is 0 Å². The normalized spacial score (nSPS) is 9.26. The van der Waals surface area contributed by atoms with Gasteiger partial charge in [0.05, 0.1) is 0 Å². The van der Waals surface area contributed by atoms with Gasteiger partial charge in [0.2, 0.25) is 0 Å². The van der Waals surface area contributed by atoms with Crippen LogP contribution >= 0.6 is 0 Å². The summed E-state index contributed by atoms with van der Waals surface area (Å²) < 4.78 is 0. The molecule has 76 heavy (non-hydrogen) atoms. The Morgan fingerprint density at radius 3 is 1.01 bits per heavy atom. The standard InChI is InChI=1S/C13H12.2C11H10.C7H8.4C5H12.2C4H10.C3H8.C2H6.CH4/c1-11-7-9-13(10-8-11)12-5-3-2-4-6-12;1-9-5-4-7-10-6-2-3-8-11(9)10;1-9-6-7-10-4-2-3-5-11(10)8-9;1-7-5-3-2-4-6-7;1-5(2,3)4;2*1-4-5(2)3;1-3-5-4-2;1-4(2)3;1-3-4-2;1-3-2;1-2;/h2-10H,1H3;2*2-8H,1H3;2-6H,1H3;1-4H3;2*5H,4H2,1-3H3;3-5H2,1-2H3;4H,1-3H3;3-4H2,1-2H3;3H2,1-2H3;1-2H3;1H4. The molecular weight excluding hydrogens is 913 g/mol. The van der Waals surface area contributed by atoms with E-state index in [4.69, 9.17) is 0 Å². The zero-order valence-electron chi connectivity index (χ0n) is 54.1. The van der Waals surface area contributed by atoms with Crippen LogP contribution in [0.25, 0.3) is 32.7 Å². The number of hydrogen-bond acceptors (Lipinski definition) is 0. The summed E-state index contributed by atoms with van der Waals surface area (Å²) >= 11 is 0. The number of aryl methyl sites for hydroxylation is 4. The summed E-state index contributed by atoms with van der Waals surface area (Å²) in [6, 6.07) is 59.0. The summed E-state index contributed by atoms with van der Waals surface area (Å²) in [7, 11) is 0. The molecule has 0 aliphatic heterocycles. The highest BCUT2D eigenvalue weighted by Crippen LogP contribution is 2.19. The molecule has 0 unspecified atom stereocenters. The summed E-state index contributed by atoms with van der Waals surface area (Å²) in [5, 5.41) is 5.33. The summed E-state index contributed by atoms with van der Waals surface area (Å²) in [4.78, 5) is 0. The SMILES string of the molecule is C.CC.CC(C)(C)C.CC(C)C.CCC.CCC(C)C.CCC(C)C.CCCC.CCCCC.Cc1ccc(-c2ccccc2)cc1.Cc1ccc2ccccc2c1.Cc1cccc2ccccc12.Cc1ccccc1. The lowest BCUT2D eigenvalue weighted by Crippen LogP contribution is -1.93. The van der Waals surface area contributed by atoms with E-state index in [0.29, 0.717) is 5.41 Å². The number of hydrogen-bond donors (Lipinski definition) is 0. The third kappa shape index (κ3) is 59.9. The van der Waals surface area contributed by atoms with E-state index in [0.717, 1.165) is 17.8 Å². The third-order valence-electron chi connectivity index (χ3n) is 9.85. The molecule has 7 rings (SSSR count). The molecule has 0 heterocycles. The fourth-order valence-electron chi connectivity index (χ4n) is 4.96. The molecule has 430 valence electrons. The second kappa shape index (κ2) is 57.8. The number of fused-ring (bicyclic) bond motifs is 2. The van der Waals surface area contributed by atoms with Gasteiger partial charge in [0.25, 0.3) is 0 Å². The van der Waals surface area contributed by atoms with E-state index in [1.807, 2.05) is 38.1 Å². The van der Waals surface area contributed by atoms with Crippen molar-refractivity contribution in [1.29, 1.82) is 0 Å². The van der Waals surface area contributed by atoms with Gasteiger partial charge in [-0.1, -0.05) is 391 Å². The van der Waals surface area contributed by atoms with Gasteiger partial charge in [-0.2, -0.15) is 0 Å². The first-order valence-corrected chi connectivity index (χ1v) is 29.5. The van der Waals surface area contributed by atoms with Crippen LogP contribution in [0.5, 0.6) is 0 Å². The number of benzene rings is 7. The Balaban J connectivity index is -0.000000182. The Morgan fingerprint density at radius 2 is 0.671 bits per heavy atom. The van der Waals surface area contributed by atoms with Crippen molar-refractivity contribution in [2.45, 2.75) is 232 Å². The molecule has 0 spiro atoms. The lowest BCUT2D eigenvalue weighted by atomic mass is 10.0. The van der Waals surface area contributed by atoms with Crippen molar-refractivity contribution in [2.24, 2.45) is 23.2 Å². The predicted octanol–water partition coefficient (Wildman–Crippen LogP) is 26.9. The van der Waals surface area contributed by atoms with Crippen LogP contribution in [-0.2, 0) is 0 Å². The van der Waals surface area contributed by atoms with Gasteiger partial charge in [-0.15, -0.1) is 0 Å². The smallest absolute Gasteiger partial charge is 0.0155 e. The molecule has 0 saturated heterocycles. The summed E-state index contributed by atoms with van der Waals surface area (Å²) in [5.74, 6) is 2.60. The molecule has 0 atom stereocenters. The first kappa shape index (κ1) is 82.4. The van der Waals surface area contributed by atoms with Gasteiger partial charge in [-0.25, -0.2) is 0 Å². The van der Waals surface area contributed by atoms with Crippen LogP contribution in [0.3, 0.4) is 0 Å². The Hall–Kier alpha value is -4.94. The molecule has 0 heteroatoms. The zero-order valence-corrected chi connectivity index (χ0v) is 54.1. The van der Waals surface area contributed by atoms with E-state index >= 15 is 0 Å². The summed E-state index contributed by atoms with van der Waals surface area (Å²) in [6.45, 7) is 54.0. The Kier molecular flexibility index (Phi) is 62.6. The largest absolute Gasteiger partial charge is 0.0776 e. The number of rotatable bonds is 6. The van der Waals surface area contributed by atoms with Crippen molar-refractivity contribution in [3.05, 3.63) is 192 Å². The molecule has 0 N–H and O–H groups in total. The van der Waals surface area contributed by atoms with Gasteiger partial charge in [-0.3, -0.25) is 0 Å². The van der Waals surface area contributed by atoms with Crippen LogP contribution in [0, 0.1) is 50.9 Å². The molecule has 0 radical (unpaired) electrons. The van der Waals surface area contributed by atoms with Gasteiger partial charge in [0, 0.05) is 0 Å². The Labute approximate surface area is 477 Å². The highest BCUT2D eigenvalue weighted by Gasteiger charge is 1.96. The molecule has 0 aromatic heterocycles. The van der Waals surface area contributed by atoms with Gasteiger partial charge < -0.3 is 0 Å². The Bertz CT molecular complexity index is 2130. The van der Waals surface area contributed by atoms with E-state index in [9.17, 15) is 0 Å². The first-order valence-electron chi connectivity index (χ1n) is 29.5. The van der Waals surface area contributed by atoms with Gasteiger partial charge in [0.1, 0.15) is 0 Å². The van der Waals surface area contributed by atoms with Crippen LogP contribution in [0.4, 0.5) is 0 Å². The fourth-order valence-corrected chi connectivity index (χ4v) is 4.96. The van der Waals surface area contributed by atoms with Gasteiger partial charge >= 0.3 is 0 Å². The Morgan fingerprint density at radius 1 is 0.355 bits per heavy atom. The molecule has 0 nitrogen and oxygen atoms in total. The highest BCUT2D eigenvalue weighted by atomic mass is 14.0. The minimum absolute atomic E-state index is 0. The topological polar surface area (TPSA) is 0 Å². The minimum Gasteiger partial charge on any atom is -0.0776 e. The molecule has 0 aliphatic rings. The van der Waals surface area contributed by atoms with E-state index in [-0.39, 0.29) is 7.43 Å². The molecule has 0 bridgehead atoms. The number of unbranched alkanes of at least 4 members (excludes halogenated alkanes) is 3. The molecule has 0 aliphatic carbocycles. The lowest BCUT2D eigenvalue weighted by molar-refractivity contribution is 0.469. The molecule has 0 saturated carbocycles. The minimum atomic E-state index is 0. The van der Waals surface area contributed by atoms with Crippen LogP contribution < -0.4 is 0 Å². The van der Waals surface area contributed by atoms with Crippen molar-refractivity contribution in [2.75, 3.05) is 0 Å². The summed E-state index contributed by atoms with van der Waals surface area (Å²) in [6.07, 6.45) is 10.6. The molecule has 0 fully saturated rings. The maximum Gasteiger partial charge on any atom is -0.0155 e. The van der Waals surface area contributed by atoms with E-state index in [1.54, 1.807) is 0 Å². The van der Waals surface area contributed by atoms with Crippen LogP contribution in [0.2, 0.25) is 0 Å². The molecule has 0 amide bonds.